The van der Waals surface area contributed by atoms with E-state index in [2.05, 4.69) is 15.6 Å². The molecular weight excluding hydrogens is 352 g/mol. The highest BCUT2D eigenvalue weighted by Gasteiger charge is 2.22. The Labute approximate surface area is 154 Å². The molecule has 1 aliphatic rings. The van der Waals surface area contributed by atoms with Gasteiger partial charge in [-0.25, -0.2) is 13.4 Å². The molecular formula is C18H26N4O3S. The Balaban J connectivity index is 1.63. The van der Waals surface area contributed by atoms with Crippen LogP contribution < -0.4 is 10.6 Å². The maximum absolute atomic E-state index is 12.5. The van der Waals surface area contributed by atoms with Gasteiger partial charge in [-0.2, -0.15) is 0 Å². The van der Waals surface area contributed by atoms with E-state index in [4.69, 9.17) is 0 Å². The largest absolute Gasteiger partial charge is 0.349 e. The number of nitrogens with zero attached hydrogens (tertiary/aromatic N) is 2. The number of hydrogen-bond acceptors (Lipinski definition) is 5. The van der Waals surface area contributed by atoms with E-state index in [9.17, 15) is 13.2 Å². The summed E-state index contributed by atoms with van der Waals surface area (Å²) in [5.74, 6) is -0.355. The predicted molar refractivity (Wildman–Crippen MR) is 100 cm³/mol. The molecule has 0 radical (unpaired) electrons. The first kappa shape index (κ1) is 18.8. The molecule has 1 saturated carbocycles. The Morgan fingerprint density at radius 3 is 2.62 bits per heavy atom. The Bertz CT molecular complexity index is 868. The fourth-order valence-electron chi connectivity index (χ4n) is 3.46. The van der Waals surface area contributed by atoms with Crippen LogP contribution in [-0.4, -0.2) is 49.1 Å². The zero-order valence-electron chi connectivity index (χ0n) is 15.1. The molecule has 2 N–H and O–H groups in total. The van der Waals surface area contributed by atoms with Gasteiger partial charge in [-0.3, -0.25) is 9.20 Å². The van der Waals surface area contributed by atoms with E-state index < -0.39 is 9.84 Å². The van der Waals surface area contributed by atoms with E-state index in [1.54, 1.807) is 24.4 Å². The summed E-state index contributed by atoms with van der Waals surface area (Å²) in [5, 5.41) is 6.22. The SMILES string of the molecule is CS(=O)(=O)c1nc(C(=O)NCCNC2CCCCCC2)c2ccccn12. The zero-order chi connectivity index (χ0) is 18.6. The fourth-order valence-corrected chi connectivity index (χ4v) is 4.23. The van der Waals surface area contributed by atoms with Crippen molar-refractivity contribution in [3.63, 3.8) is 0 Å². The molecule has 1 amide bonds. The van der Waals surface area contributed by atoms with E-state index in [0.29, 0.717) is 24.6 Å². The summed E-state index contributed by atoms with van der Waals surface area (Å²) in [7, 11) is -3.53. The second kappa shape index (κ2) is 8.18. The Kier molecular flexibility index (Phi) is 5.93. The topological polar surface area (TPSA) is 92.6 Å². The first-order chi connectivity index (χ1) is 12.5. The molecule has 2 heterocycles. The van der Waals surface area contributed by atoms with Crippen LogP contribution in [0.25, 0.3) is 5.52 Å². The molecule has 0 aromatic carbocycles. The normalized spacial score (nSPS) is 16.5. The van der Waals surface area contributed by atoms with Gasteiger partial charge in [0.25, 0.3) is 5.91 Å². The number of carbonyl (C=O) groups is 1. The number of aromatic nitrogens is 2. The predicted octanol–water partition coefficient (Wildman–Crippen LogP) is 1.78. The minimum Gasteiger partial charge on any atom is -0.349 e. The van der Waals surface area contributed by atoms with Crippen LogP contribution in [0.4, 0.5) is 0 Å². The van der Waals surface area contributed by atoms with Crippen molar-refractivity contribution in [2.45, 2.75) is 49.7 Å². The summed E-state index contributed by atoms with van der Waals surface area (Å²) in [4.78, 5) is 16.6. The number of sulfone groups is 1. The second-order valence-corrected chi connectivity index (χ2v) is 8.78. The lowest BCUT2D eigenvalue weighted by atomic mass is 10.1. The van der Waals surface area contributed by atoms with E-state index in [1.165, 1.54) is 42.9 Å². The summed E-state index contributed by atoms with van der Waals surface area (Å²) in [6.45, 7) is 1.18. The van der Waals surface area contributed by atoms with Crippen LogP contribution in [0.15, 0.2) is 29.6 Å². The number of rotatable bonds is 6. The third kappa shape index (κ3) is 4.42. The van der Waals surface area contributed by atoms with Gasteiger partial charge >= 0.3 is 0 Å². The maximum Gasteiger partial charge on any atom is 0.272 e. The molecule has 0 aliphatic heterocycles. The van der Waals surface area contributed by atoms with Crippen LogP contribution in [0.5, 0.6) is 0 Å². The van der Waals surface area contributed by atoms with Gasteiger partial charge in [-0.1, -0.05) is 31.7 Å². The zero-order valence-corrected chi connectivity index (χ0v) is 15.9. The van der Waals surface area contributed by atoms with Gasteiger partial charge in [0.15, 0.2) is 5.69 Å². The number of pyridine rings is 1. The minimum atomic E-state index is -3.53. The van der Waals surface area contributed by atoms with Gasteiger partial charge in [0.05, 0.1) is 5.52 Å². The van der Waals surface area contributed by atoms with Crippen molar-refractivity contribution in [3.05, 3.63) is 30.1 Å². The number of hydrogen-bond donors (Lipinski definition) is 2. The van der Waals surface area contributed by atoms with Crippen molar-refractivity contribution in [1.29, 1.82) is 0 Å². The van der Waals surface area contributed by atoms with Crippen LogP contribution in [0.3, 0.4) is 0 Å². The summed E-state index contributed by atoms with van der Waals surface area (Å²) in [5.41, 5.74) is 0.627. The molecule has 0 spiro atoms. The molecule has 1 fully saturated rings. The number of fused-ring (bicyclic) bond motifs is 1. The highest BCUT2D eigenvalue weighted by Crippen LogP contribution is 2.18. The molecule has 1 aliphatic carbocycles. The lowest BCUT2D eigenvalue weighted by Crippen LogP contribution is -2.37. The smallest absolute Gasteiger partial charge is 0.272 e. The summed E-state index contributed by atoms with van der Waals surface area (Å²) < 4.78 is 25.3. The summed E-state index contributed by atoms with van der Waals surface area (Å²) in [6, 6.07) is 5.69. The third-order valence-corrected chi connectivity index (χ3v) is 5.71. The second-order valence-electron chi connectivity index (χ2n) is 6.87. The van der Waals surface area contributed by atoms with Gasteiger partial charge in [-0.15, -0.1) is 0 Å². The van der Waals surface area contributed by atoms with E-state index in [1.807, 2.05) is 0 Å². The van der Waals surface area contributed by atoms with E-state index in [-0.39, 0.29) is 16.8 Å². The average molecular weight is 378 g/mol. The van der Waals surface area contributed by atoms with Crippen LogP contribution in [0.1, 0.15) is 49.0 Å². The van der Waals surface area contributed by atoms with Crippen LogP contribution in [0, 0.1) is 0 Å². The highest BCUT2D eigenvalue weighted by atomic mass is 32.2. The molecule has 0 bridgehead atoms. The molecule has 0 atom stereocenters. The van der Waals surface area contributed by atoms with Gasteiger partial charge in [0, 0.05) is 31.6 Å². The molecule has 8 heteroatoms. The molecule has 2 aromatic rings. The number of amides is 1. The first-order valence-electron chi connectivity index (χ1n) is 9.15. The molecule has 0 saturated heterocycles. The molecule has 2 aromatic heterocycles. The van der Waals surface area contributed by atoms with Crippen molar-refractivity contribution >= 4 is 21.3 Å². The minimum absolute atomic E-state index is 0.116. The van der Waals surface area contributed by atoms with E-state index in [0.717, 1.165) is 6.26 Å². The van der Waals surface area contributed by atoms with Crippen molar-refractivity contribution in [1.82, 2.24) is 20.0 Å². The lowest BCUT2D eigenvalue weighted by Gasteiger charge is -2.16. The van der Waals surface area contributed by atoms with Crippen LogP contribution in [-0.2, 0) is 9.84 Å². The van der Waals surface area contributed by atoms with Crippen LogP contribution >= 0.6 is 0 Å². The van der Waals surface area contributed by atoms with Gasteiger partial charge < -0.3 is 10.6 Å². The lowest BCUT2D eigenvalue weighted by molar-refractivity contribution is 0.0950. The number of imidazole rings is 1. The number of carbonyl (C=O) groups excluding carboxylic acids is 1. The van der Waals surface area contributed by atoms with Crippen LogP contribution in [0.2, 0.25) is 0 Å². The average Bonchev–Trinajstić information content (AvgIpc) is 2.81. The summed E-state index contributed by atoms with van der Waals surface area (Å²) in [6.07, 6.45) is 10.2. The van der Waals surface area contributed by atoms with Gasteiger partial charge in [0.2, 0.25) is 15.0 Å². The van der Waals surface area contributed by atoms with Crippen molar-refractivity contribution in [2.24, 2.45) is 0 Å². The molecule has 142 valence electrons. The quantitative estimate of drug-likeness (QED) is 0.590. The van der Waals surface area contributed by atoms with Gasteiger partial charge in [-0.05, 0) is 25.0 Å². The Morgan fingerprint density at radius 1 is 1.19 bits per heavy atom. The molecule has 7 nitrogen and oxygen atoms in total. The maximum atomic E-state index is 12.5. The number of nitrogens with one attached hydrogen (secondary N) is 2. The monoisotopic (exact) mass is 378 g/mol. The van der Waals surface area contributed by atoms with Crippen molar-refractivity contribution in [2.75, 3.05) is 19.3 Å². The highest BCUT2D eigenvalue weighted by molar-refractivity contribution is 7.90. The molecule has 3 rings (SSSR count). The fraction of sp³-hybridized carbons (Fsp3) is 0.556. The Morgan fingerprint density at radius 2 is 1.92 bits per heavy atom. The summed E-state index contributed by atoms with van der Waals surface area (Å²) >= 11 is 0. The Hall–Kier alpha value is -1.93. The van der Waals surface area contributed by atoms with Crippen molar-refractivity contribution in [3.8, 4) is 0 Å². The molecule has 26 heavy (non-hydrogen) atoms. The van der Waals surface area contributed by atoms with E-state index >= 15 is 0 Å². The first-order valence-corrected chi connectivity index (χ1v) is 11.0. The van der Waals surface area contributed by atoms with Crippen molar-refractivity contribution < 1.29 is 13.2 Å². The van der Waals surface area contributed by atoms with Gasteiger partial charge in [0.1, 0.15) is 0 Å². The third-order valence-electron chi connectivity index (χ3n) is 4.76. The molecule has 0 unspecified atom stereocenters. The standard InChI is InChI=1S/C18H26N4O3S/c1-26(24,25)18-21-16(15-10-6-7-13-22(15)18)17(23)20-12-11-19-14-8-4-2-3-5-9-14/h6-7,10,13-14,19H,2-5,8-9,11-12H2,1H3,(H,20,23).